The minimum absolute atomic E-state index is 0.0159. The summed E-state index contributed by atoms with van der Waals surface area (Å²) >= 11 is 0. The summed E-state index contributed by atoms with van der Waals surface area (Å²) in [6, 6.07) is 1.22. The number of nitrogens with two attached hydrogens (primary N) is 1. The van der Waals surface area contributed by atoms with Crippen LogP contribution in [0.5, 0.6) is 5.75 Å². The Morgan fingerprint density at radius 1 is 0.651 bits per heavy atom. The first-order valence-corrected chi connectivity index (χ1v) is 15.2. The van der Waals surface area contributed by atoms with Crippen molar-refractivity contribution in [2.45, 2.75) is 104 Å². The lowest BCUT2D eigenvalue weighted by atomic mass is 9.98. The van der Waals surface area contributed by atoms with Crippen LogP contribution >= 0.6 is 0 Å². The molecule has 12 heteroatoms. The number of amides is 5. The van der Waals surface area contributed by atoms with Gasteiger partial charge in [-0.05, 0) is 67.7 Å². The second-order valence-corrected chi connectivity index (χ2v) is 12.5. The van der Waals surface area contributed by atoms with Crippen LogP contribution in [0.4, 0.5) is 0 Å². The summed E-state index contributed by atoms with van der Waals surface area (Å²) in [7, 11) is 0. The molecule has 8 N–H and O–H groups in total. The van der Waals surface area contributed by atoms with Crippen molar-refractivity contribution in [2.24, 2.45) is 23.5 Å². The first-order valence-electron chi connectivity index (χ1n) is 15.2. The monoisotopic (exact) mass is 602 g/mol. The van der Waals surface area contributed by atoms with Gasteiger partial charge in [-0.3, -0.25) is 24.0 Å². The molecule has 0 aliphatic carbocycles. The summed E-state index contributed by atoms with van der Waals surface area (Å²) in [5.74, 6) is -3.02. The van der Waals surface area contributed by atoms with E-state index in [0.29, 0.717) is 24.9 Å². The Morgan fingerprint density at radius 3 is 1.58 bits per heavy atom. The fourth-order valence-electron chi connectivity index (χ4n) is 4.94. The zero-order chi connectivity index (χ0) is 32.3. The van der Waals surface area contributed by atoms with E-state index in [1.165, 1.54) is 12.1 Å². The highest BCUT2D eigenvalue weighted by molar-refractivity contribution is 5.98. The van der Waals surface area contributed by atoms with E-state index in [0.717, 1.165) is 0 Å². The van der Waals surface area contributed by atoms with Gasteiger partial charge < -0.3 is 37.4 Å². The van der Waals surface area contributed by atoms with Crippen LogP contribution in [0, 0.1) is 17.8 Å². The van der Waals surface area contributed by atoms with Gasteiger partial charge in [0.25, 0.3) is 0 Å². The van der Waals surface area contributed by atoms with Gasteiger partial charge in [0.2, 0.25) is 29.5 Å². The van der Waals surface area contributed by atoms with Gasteiger partial charge in [0, 0.05) is 6.42 Å². The lowest BCUT2D eigenvalue weighted by Crippen LogP contribution is -2.59. The number of hydrogen-bond donors (Lipinski definition) is 7. The number of aromatic hydroxyl groups is 1. The maximum absolute atomic E-state index is 13.7. The highest BCUT2D eigenvalue weighted by Gasteiger charge is 2.35. The molecule has 1 aliphatic heterocycles. The third-order valence-corrected chi connectivity index (χ3v) is 7.27. The number of benzene rings is 1. The molecule has 1 aliphatic rings. The van der Waals surface area contributed by atoms with Crippen molar-refractivity contribution in [3.05, 3.63) is 29.8 Å². The fourth-order valence-corrected chi connectivity index (χ4v) is 4.94. The number of phenols is 1. The SMILES string of the molecule is CC(C)C[C@@H]1NC(=O)[C@H](C(C)C)NC(=O)[C@H](CCCN)NC(=O)[C@H](CC(C)C)NC(=O)[C@@H](Cc2ccc(O)cc2)NC1=O. The largest absolute Gasteiger partial charge is 0.508 e. The average molecular weight is 603 g/mol. The summed E-state index contributed by atoms with van der Waals surface area (Å²) in [6.07, 6.45) is 1.33. The molecule has 5 amide bonds. The summed E-state index contributed by atoms with van der Waals surface area (Å²) in [4.78, 5) is 67.8. The van der Waals surface area contributed by atoms with Crippen LogP contribution < -0.4 is 32.3 Å². The van der Waals surface area contributed by atoms with Crippen LogP contribution in [-0.4, -0.2) is 71.4 Å². The minimum Gasteiger partial charge on any atom is -0.508 e. The molecular weight excluding hydrogens is 552 g/mol. The molecule has 0 aromatic heterocycles. The average Bonchev–Trinajstić information content (AvgIpc) is 2.92. The van der Waals surface area contributed by atoms with Crippen molar-refractivity contribution >= 4 is 29.5 Å². The summed E-state index contributed by atoms with van der Waals surface area (Å²) in [6.45, 7) is 11.5. The predicted molar refractivity (Wildman–Crippen MR) is 164 cm³/mol. The second-order valence-electron chi connectivity index (χ2n) is 12.5. The summed E-state index contributed by atoms with van der Waals surface area (Å²) < 4.78 is 0. The minimum atomic E-state index is -1.09. The zero-order valence-corrected chi connectivity index (χ0v) is 26.2. The molecule has 0 saturated carbocycles. The first-order chi connectivity index (χ1) is 20.2. The van der Waals surface area contributed by atoms with Gasteiger partial charge in [-0.15, -0.1) is 0 Å². The van der Waals surface area contributed by atoms with Gasteiger partial charge in [0.15, 0.2) is 0 Å². The Bertz CT molecular complexity index is 1110. The van der Waals surface area contributed by atoms with E-state index in [1.807, 2.05) is 27.7 Å². The summed E-state index contributed by atoms with van der Waals surface area (Å²) in [5.41, 5.74) is 6.37. The van der Waals surface area contributed by atoms with Gasteiger partial charge in [0.1, 0.15) is 36.0 Å². The highest BCUT2D eigenvalue weighted by atomic mass is 16.3. The number of hydrogen-bond acceptors (Lipinski definition) is 7. The smallest absolute Gasteiger partial charge is 0.243 e. The van der Waals surface area contributed by atoms with E-state index in [9.17, 15) is 29.1 Å². The normalized spacial score (nSPS) is 24.5. The van der Waals surface area contributed by atoms with Crippen molar-refractivity contribution < 1.29 is 29.1 Å². The van der Waals surface area contributed by atoms with E-state index in [4.69, 9.17) is 5.73 Å². The van der Waals surface area contributed by atoms with Gasteiger partial charge in [-0.25, -0.2) is 0 Å². The number of nitrogens with one attached hydrogen (secondary N) is 5. The molecule has 0 radical (unpaired) electrons. The molecule has 0 unspecified atom stereocenters. The Hall–Kier alpha value is -3.67. The maximum atomic E-state index is 13.7. The molecule has 240 valence electrons. The lowest BCUT2D eigenvalue weighted by molar-refractivity contribution is -0.135. The van der Waals surface area contributed by atoms with Crippen molar-refractivity contribution in [3.8, 4) is 5.75 Å². The molecule has 0 spiro atoms. The van der Waals surface area contributed by atoms with E-state index in [1.54, 1.807) is 26.0 Å². The molecule has 5 atom stereocenters. The predicted octanol–water partition coefficient (Wildman–Crippen LogP) is 0.859. The maximum Gasteiger partial charge on any atom is 0.243 e. The van der Waals surface area contributed by atoms with Gasteiger partial charge in [-0.1, -0.05) is 53.7 Å². The van der Waals surface area contributed by atoms with E-state index in [2.05, 4.69) is 26.6 Å². The van der Waals surface area contributed by atoms with Crippen molar-refractivity contribution in [1.82, 2.24) is 26.6 Å². The molecule has 1 saturated heterocycles. The van der Waals surface area contributed by atoms with E-state index >= 15 is 0 Å². The highest BCUT2D eigenvalue weighted by Crippen LogP contribution is 2.15. The van der Waals surface area contributed by atoms with Crippen LogP contribution in [0.25, 0.3) is 0 Å². The Balaban J connectivity index is 2.58. The van der Waals surface area contributed by atoms with Gasteiger partial charge >= 0.3 is 0 Å². The van der Waals surface area contributed by atoms with Crippen LogP contribution in [0.1, 0.15) is 72.8 Å². The number of phenolic OH excluding ortho intramolecular Hbond substituents is 1. The van der Waals surface area contributed by atoms with Gasteiger partial charge in [0.05, 0.1) is 0 Å². The summed E-state index contributed by atoms with van der Waals surface area (Å²) in [5, 5.41) is 23.6. The third kappa shape index (κ3) is 11.5. The lowest BCUT2D eigenvalue weighted by Gasteiger charge is -2.28. The van der Waals surface area contributed by atoms with Crippen LogP contribution in [0.2, 0.25) is 0 Å². The van der Waals surface area contributed by atoms with E-state index in [-0.39, 0.29) is 42.8 Å². The Labute approximate surface area is 254 Å². The Kier molecular flexibility index (Phi) is 13.9. The standard InChI is InChI=1S/C31H50N6O6/c1-17(2)14-23-28(40)33-22(8-7-13-32)27(39)37-26(19(5)6)31(43)36-24(15-18(3)4)29(41)35-25(30(42)34-23)16-20-9-11-21(38)12-10-20/h9-12,17-19,22-26,38H,7-8,13-16,32H2,1-6H3,(H,33,40)(H,34,42)(H,35,41)(H,36,43)(H,37,39)/t22-,23-,24-,25+,26-/m0/s1. The zero-order valence-electron chi connectivity index (χ0n) is 26.2. The molecule has 1 heterocycles. The second kappa shape index (κ2) is 16.8. The van der Waals surface area contributed by atoms with Crippen LogP contribution in [0.15, 0.2) is 24.3 Å². The molecule has 1 aromatic rings. The molecule has 12 nitrogen and oxygen atoms in total. The topological polar surface area (TPSA) is 192 Å². The number of carbonyl (C=O) groups is 5. The third-order valence-electron chi connectivity index (χ3n) is 7.27. The molecule has 43 heavy (non-hydrogen) atoms. The van der Waals surface area contributed by atoms with Gasteiger partial charge in [-0.2, -0.15) is 0 Å². The first kappa shape index (κ1) is 35.5. The number of rotatable bonds is 10. The number of carbonyl (C=O) groups excluding carboxylic acids is 5. The van der Waals surface area contributed by atoms with Crippen molar-refractivity contribution in [2.75, 3.05) is 6.54 Å². The Morgan fingerprint density at radius 2 is 1.09 bits per heavy atom. The van der Waals surface area contributed by atoms with Crippen molar-refractivity contribution in [1.29, 1.82) is 0 Å². The molecule has 0 bridgehead atoms. The van der Waals surface area contributed by atoms with Crippen LogP contribution in [0.3, 0.4) is 0 Å². The molecule has 1 fully saturated rings. The fraction of sp³-hybridized carbons (Fsp3) is 0.645. The quantitative estimate of drug-likeness (QED) is 0.206. The van der Waals surface area contributed by atoms with Crippen molar-refractivity contribution in [3.63, 3.8) is 0 Å². The van der Waals surface area contributed by atoms with E-state index < -0.39 is 59.7 Å². The molecular formula is C31H50N6O6. The molecule has 2 rings (SSSR count). The van der Waals surface area contributed by atoms with Crippen LogP contribution in [-0.2, 0) is 30.4 Å². The molecule has 1 aromatic carbocycles.